The van der Waals surface area contributed by atoms with Crippen molar-refractivity contribution in [1.29, 1.82) is 0 Å². The zero-order valence-corrected chi connectivity index (χ0v) is 13.2. The van der Waals surface area contributed by atoms with Crippen LogP contribution in [0.2, 0.25) is 5.02 Å². The van der Waals surface area contributed by atoms with E-state index in [1.165, 1.54) is 6.07 Å². The van der Waals surface area contributed by atoms with E-state index < -0.39 is 6.10 Å². The molecule has 2 aromatic carbocycles. The number of hydrogen-bond acceptors (Lipinski definition) is 2. The van der Waals surface area contributed by atoms with Crippen LogP contribution in [0.3, 0.4) is 0 Å². The van der Waals surface area contributed by atoms with Crippen molar-refractivity contribution < 1.29 is 9.50 Å². The largest absolute Gasteiger partial charge is 0.387 e. The molecule has 0 saturated heterocycles. The highest BCUT2D eigenvalue weighted by atomic mass is 79.9. The molecule has 2 aromatic rings. The molecule has 0 bridgehead atoms. The van der Waals surface area contributed by atoms with E-state index in [4.69, 9.17) is 11.6 Å². The first-order valence-corrected chi connectivity index (χ1v) is 7.28. The molecule has 106 valence electrons. The van der Waals surface area contributed by atoms with E-state index in [0.717, 1.165) is 5.56 Å². The van der Waals surface area contributed by atoms with Gasteiger partial charge >= 0.3 is 0 Å². The number of aliphatic hydroxyl groups excluding tert-OH is 1. The third-order valence-corrected chi connectivity index (χ3v) is 3.97. The molecule has 0 aliphatic rings. The summed E-state index contributed by atoms with van der Waals surface area (Å²) < 4.78 is 13.9. The van der Waals surface area contributed by atoms with Crippen molar-refractivity contribution in [3.63, 3.8) is 0 Å². The molecular formula is C15H14BrClFNO. The van der Waals surface area contributed by atoms with Crippen LogP contribution in [0.15, 0.2) is 40.9 Å². The molecule has 5 heteroatoms. The molecular weight excluding hydrogens is 345 g/mol. The molecule has 0 amide bonds. The lowest BCUT2D eigenvalue weighted by Crippen LogP contribution is -2.13. The van der Waals surface area contributed by atoms with Crippen LogP contribution < -0.4 is 5.32 Å². The summed E-state index contributed by atoms with van der Waals surface area (Å²) in [6, 6.07) is 10.2. The van der Waals surface area contributed by atoms with Crippen LogP contribution in [0, 0.1) is 12.7 Å². The predicted octanol–water partition coefficient (Wildman–Crippen LogP) is 4.70. The molecule has 0 radical (unpaired) electrons. The van der Waals surface area contributed by atoms with Crippen LogP contribution in [0.1, 0.15) is 17.2 Å². The first-order chi connectivity index (χ1) is 9.49. The Labute approximate surface area is 130 Å². The van der Waals surface area contributed by atoms with Crippen molar-refractivity contribution in [2.24, 2.45) is 0 Å². The number of aryl methyl sites for hydroxylation is 1. The second-order valence-electron chi connectivity index (χ2n) is 4.50. The van der Waals surface area contributed by atoms with E-state index >= 15 is 0 Å². The van der Waals surface area contributed by atoms with Crippen molar-refractivity contribution in [1.82, 2.24) is 0 Å². The number of aliphatic hydroxyl groups is 1. The van der Waals surface area contributed by atoms with Crippen LogP contribution in [-0.4, -0.2) is 11.7 Å². The highest BCUT2D eigenvalue weighted by Gasteiger charge is 2.12. The maximum Gasteiger partial charge on any atom is 0.139 e. The normalized spacial score (nSPS) is 12.2. The van der Waals surface area contributed by atoms with E-state index in [-0.39, 0.29) is 12.4 Å². The first-order valence-electron chi connectivity index (χ1n) is 6.11. The van der Waals surface area contributed by atoms with E-state index in [1.54, 1.807) is 24.3 Å². The maximum atomic E-state index is 13.5. The Kier molecular flexibility index (Phi) is 5.02. The van der Waals surface area contributed by atoms with Crippen molar-refractivity contribution in [3.8, 4) is 0 Å². The lowest BCUT2D eigenvalue weighted by Gasteiger charge is -2.16. The zero-order valence-electron chi connectivity index (χ0n) is 10.8. The smallest absolute Gasteiger partial charge is 0.139 e. The Balaban J connectivity index is 2.09. The average molecular weight is 359 g/mol. The highest BCUT2D eigenvalue weighted by Crippen LogP contribution is 2.26. The molecule has 0 aliphatic heterocycles. The molecule has 0 fully saturated rings. The minimum atomic E-state index is -0.755. The van der Waals surface area contributed by atoms with Crippen molar-refractivity contribution >= 4 is 33.2 Å². The van der Waals surface area contributed by atoms with Gasteiger partial charge in [0.05, 0.1) is 10.6 Å². The third-order valence-electron chi connectivity index (χ3n) is 3.02. The molecule has 2 rings (SSSR count). The second-order valence-corrected chi connectivity index (χ2v) is 5.76. The number of halogens is 3. The first kappa shape index (κ1) is 15.3. The molecule has 20 heavy (non-hydrogen) atoms. The summed E-state index contributed by atoms with van der Waals surface area (Å²) in [4.78, 5) is 0. The standard InChI is InChI=1S/C15H14BrClFNO/c1-9-6-11(16)13(18)7-14(9)19-8-15(20)10-4-2-3-5-12(10)17/h2-7,15,19-20H,8H2,1H3. The summed E-state index contributed by atoms with van der Waals surface area (Å²) in [5, 5.41) is 13.7. The second kappa shape index (κ2) is 6.57. The molecule has 0 saturated carbocycles. The van der Waals surface area contributed by atoms with Gasteiger partial charge in [0.25, 0.3) is 0 Å². The summed E-state index contributed by atoms with van der Waals surface area (Å²) in [7, 11) is 0. The summed E-state index contributed by atoms with van der Waals surface area (Å²) in [6.07, 6.45) is -0.755. The van der Waals surface area contributed by atoms with E-state index in [2.05, 4.69) is 21.2 Å². The predicted molar refractivity (Wildman–Crippen MR) is 83.7 cm³/mol. The van der Waals surface area contributed by atoms with E-state index in [9.17, 15) is 9.50 Å². The molecule has 0 aromatic heterocycles. The van der Waals surface area contributed by atoms with Crippen LogP contribution in [-0.2, 0) is 0 Å². The van der Waals surface area contributed by atoms with Gasteiger partial charge in [0, 0.05) is 22.8 Å². The number of hydrogen-bond donors (Lipinski definition) is 2. The highest BCUT2D eigenvalue weighted by molar-refractivity contribution is 9.10. The van der Waals surface area contributed by atoms with Crippen LogP contribution in [0.5, 0.6) is 0 Å². The van der Waals surface area contributed by atoms with Gasteiger partial charge in [-0.2, -0.15) is 0 Å². The van der Waals surface area contributed by atoms with Gasteiger partial charge in [-0.1, -0.05) is 29.8 Å². The SMILES string of the molecule is Cc1cc(Br)c(F)cc1NCC(O)c1ccccc1Cl. The van der Waals surface area contributed by atoms with Crippen molar-refractivity contribution in [2.45, 2.75) is 13.0 Å². The quantitative estimate of drug-likeness (QED) is 0.830. The van der Waals surface area contributed by atoms with Crippen LogP contribution >= 0.6 is 27.5 Å². The Bertz CT molecular complexity index is 621. The Morgan fingerprint density at radius 1 is 1.35 bits per heavy atom. The number of anilines is 1. The van der Waals surface area contributed by atoms with E-state index in [1.807, 2.05) is 13.0 Å². The van der Waals surface area contributed by atoms with Gasteiger partial charge in [-0.15, -0.1) is 0 Å². The molecule has 1 atom stereocenters. The van der Waals surface area contributed by atoms with Gasteiger partial charge in [0.1, 0.15) is 5.82 Å². The van der Waals surface area contributed by atoms with E-state index in [0.29, 0.717) is 20.7 Å². The third kappa shape index (κ3) is 3.51. The summed E-state index contributed by atoms with van der Waals surface area (Å²) in [5.74, 6) is -0.342. The van der Waals surface area contributed by atoms with Crippen LogP contribution in [0.25, 0.3) is 0 Å². The van der Waals surface area contributed by atoms with Gasteiger partial charge < -0.3 is 10.4 Å². The van der Waals surface area contributed by atoms with Crippen molar-refractivity contribution in [2.75, 3.05) is 11.9 Å². The van der Waals surface area contributed by atoms with Gasteiger partial charge in [0.2, 0.25) is 0 Å². The van der Waals surface area contributed by atoms with Gasteiger partial charge in [-0.25, -0.2) is 4.39 Å². The Morgan fingerprint density at radius 3 is 2.75 bits per heavy atom. The molecule has 0 spiro atoms. The maximum absolute atomic E-state index is 13.5. The fourth-order valence-corrected chi connectivity index (χ4v) is 2.62. The zero-order chi connectivity index (χ0) is 14.7. The topological polar surface area (TPSA) is 32.3 Å². The molecule has 0 aliphatic carbocycles. The Morgan fingerprint density at radius 2 is 2.05 bits per heavy atom. The van der Waals surface area contributed by atoms with Gasteiger partial charge in [-0.3, -0.25) is 0 Å². The fourth-order valence-electron chi connectivity index (χ4n) is 1.90. The molecule has 2 nitrogen and oxygen atoms in total. The molecule has 2 N–H and O–H groups in total. The molecule has 1 unspecified atom stereocenters. The number of rotatable bonds is 4. The van der Waals surface area contributed by atoms with Gasteiger partial charge in [-0.05, 0) is 46.6 Å². The monoisotopic (exact) mass is 357 g/mol. The summed E-state index contributed by atoms with van der Waals surface area (Å²) in [5.41, 5.74) is 2.19. The van der Waals surface area contributed by atoms with Crippen molar-refractivity contribution in [3.05, 3.63) is 62.8 Å². The summed E-state index contributed by atoms with van der Waals surface area (Å²) in [6.45, 7) is 2.13. The minimum Gasteiger partial charge on any atom is -0.387 e. The molecule has 0 heterocycles. The lowest BCUT2D eigenvalue weighted by molar-refractivity contribution is 0.191. The van der Waals surface area contributed by atoms with Crippen LogP contribution in [0.4, 0.5) is 10.1 Å². The number of benzene rings is 2. The fraction of sp³-hybridized carbons (Fsp3) is 0.200. The Hall–Kier alpha value is -1.10. The lowest BCUT2D eigenvalue weighted by atomic mass is 10.1. The average Bonchev–Trinajstić information content (AvgIpc) is 2.41. The summed E-state index contributed by atoms with van der Waals surface area (Å²) >= 11 is 9.16. The minimum absolute atomic E-state index is 0.256. The number of nitrogens with one attached hydrogen (secondary N) is 1. The van der Waals surface area contributed by atoms with Gasteiger partial charge in [0.15, 0.2) is 0 Å².